The monoisotopic (exact) mass is 311 g/mol. The number of benzene rings is 1. The van der Waals surface area contributed by atoms with Crippen molar-refractivity contribution in [1.82, 2.24) is 10.3 Å². The molecule has 0 amide bonds. The van der Waals surface area contributed by atoms with Crippen LogP contribution in [0, 0.1) is 0 Å². The molecule has 23 heavy (non-hydrogen) atoms. The van der Waals surface area contributed by atoms with Crippen molar-refractivity contribution >= 4 is 5.82 Å². The van der Waals surface area contributed by atoms with Gasteiger partial charge < -0.3 is 19.7 Å². The van der Waals surface area contributed by atoms with E-state index in [0.717, 1.165) is 36.8 Å². The minimum atomic E-state index is 0.276. The molecule has 1 aromatic carbocycles. The standard InChI is InChI=1S/C18H21N3O2/c1-13(14-5-6-16-17(10-14)23-12-22-16)20-15-7-9-21(11-15)18-4-2-3-8-19-18/h2-6,8,10,13,15,20H,7,9,11-12H2,1H3/t13-,15+/m1/s1. The van der Waals surface area contributed by atoms with Gasteiger partial charge in [-0.3, -0.25) is 0 Å². The van der Waals surface area contributed by atoms with Gasteiger partial charge in [-0.2, -0.15) is 0 Å². The van der Waals surface area contributed by atoms with Crippen molar-refractivity contribution in [2.75, 3.05) is 24.8 Å². The summed E-state index contributed by atoms with van der Waals surface area (Å²) in [5, 5.41) is 3.72. The predicted molar refractivity (Wildman–Crippen MR) is 89.0 cm³/mol. The molecule has 2 atom stereocenters. The number of pyridine rings is 1. The summed E-state index contributed by atoms with van der Waals surface area (Å²) in [5.41, 5.74) is 1.23. The highest BCUT2D eigenvalue weighted by molar-refractivity contribution is 5.45. The summed E-state index contributed by atoms with van der Waals surface area (Å²) in [6.07, 6.45) is 2.98. The molecule has 0 spiro atoms. The number of nitrogens with one attached hydrogen (secondary N) is 1. The Balaban J connectivity index is 1.39. The highest BCUT2D eigenvalue weighted by atomic mass is 16.7. The number of fused-ring (bicyclic) bond motifs is 1. The average molecular weight is 311 g/mol. The third kappa shape index (κ3) is 2.97. The van der Waals surface area contributed by atoms with Gasteiger partial charge in [0.15, 0.2) is 11.5 Å². The summed E-state index contributed by atoms with van der Waals surface area (Å²) in [7, 11) is 0. The zero-order valence-corrected chi connectivity index (χ0v) is 13.2. The highest BCUT2D eigenvalue weighted by Gasteiger charge is 2.25. The van der Waals surface area contributed by atoms with Crippen molar-refractivity contribution in [2.45, 2.75) is 25.4 Å². The molecule has 1 aromatic heterocycles. The third-order valence-corrected chi connectivity index (χ3v) is 4.54. The Morgan fingerprint density at radius 2 is 2.13 bits per heavy atom. The lowest BCUT2D eigenvalue weighted by Crippen LogP contribution is -2.34. The van der Waals surface area contributed by atoms with E-state index in [0.29, 0.717) is 12.8 Å². The Hall–Kier alpha value is -2.27. The second-order valence-corrected chi connectivity index (χ2v) is 6.12. The largest absolute Gasteiger partial charge is 0.454 e. The summed E-state index contributed by atoms with van der Waals surface area (Å²) in [5.74, 6) is 2.74. The van der Waals surface area contributed by atoms with Crippen LogP contribution in [-0.2, 0) is 0 Å². The van der Waals surface area contributed by atoms with Gasteiger partial charge >= 0.3 is 0 Å². The molecule has 4 rings (SSSR count). The first-order chi connectivity index (χ1) is 11.3. The van der Waals surface area contributed by atoms with Crippen LogP contribution >= 0.6 is 0 Å². The Morgan fingerprint density at radius 3 is 3.00 bits per heavy atom. The van der Waals surface area contributed by atoms with Crippen LogP contribution in [0.5, 0.6) is 11.5 Å². The van der Waals surface area contributed by atoms with Gasteiger partial charge in [0.05, 0.1) is 0 Å². The number of anilines is 1. The lowest BCUT2D eigenvalue weighted by atomic mass is 10.1. The van der Waals surface area contributed by atoms with Gasteiger partial charge in [-0.1, -0.05) is 12.1 Å². The normalized spacial score (nSPS) is 20.7. The van der Waals surface area contributed by atoms with Crippen LogP contribution < -0.4 is 19.7 Å². The van der Waals surface area contributed by atoms with Crippen molar-refractivity contribution in [1.29, 1.82) is 0 Å². The molecule has 0 saturated carbocycles. The predicted octanol–water partition coefficient (Wildman–Crippen LogP) is 2.74. The minimum absolute atomic E-state index is 0.276. The van der Waals surface area contributed by atoms with Crippen molar-refractivity contribution < 1.29 is 9.47 Å². The van der Waals surface area contributed by atoms with Crippen molar-refractivity contribution in [2.24, 2.45) is 0 Å². The van der Waals surface area contributed by atoms with E-state index >= 15 is 0 Å². The Labute approximate surface area is 136 Å². The molecule has 0 aliphatic carbocycles. The van der Waals surface area contributed by atoms with Crippen LogP contribution in [0.4, 0.5) is 5.82 Å². The van der Waals surface area contributed by atoms with Gasteiger partial charge in [0.25, 0.3) is 0 Å². The van der Waals surface area contributed by atoms with E-state index in [9.17, 15) is 0 Å². The molecular weight excluding hydrogens is 290 g/mol. The molecule has 5 nitrogen and oxygen atoms in total. The zero-order chi connectivity index (χ0) is 15.6. The lowest BCUT2D eigenvalue weighted by Gasteiger charge is -2.21. The first-order valence-corrected chi connectivity index (χ1v) is 8.11. The fraction of sp³-hybridized carbons (Fsp3) is 0.389. The summed E-state index contributed by atoms with van der Waals surface area (Å²) in [4.78, 5) is 6.78. The van der Waals surface area contributed by atoms with Gasteiger partial charge in [0.2, 0.25) is 6.79 Å². The molecule has 5 heteroatoms. The number of hydrogen-bond donors (Lipinski definition) is 1. The van der Waals surface area contributed by atoms with E-state index in [1.54, 1.807) is 0 Å². The van der Waals surface area contributed by atoms with Crippen molar-refractivity contribution in [3.8, 4) is 11.5 Å². The topological polar surface area (TPSA) is 46.6 Å². The highest BCUT2D eigenvalue weighted by Crippen LogP contribution is 2.34. The third-order valence-electron chi connectivity index (χ3n) is 4.54. The minimum Gasteiger partial charge on any atom is -0.454 e. The van der Waals surface area contributed by atoms with Gasteiger partial charge in [0.1, 0.15) is 5.82 Å². The molecule has 1 N–H and O–H groups in total. The molecule has 0 bridgehead atoms. The van der Waals surface area contributed by atoms with Crippen LogP contribution in [0.2, 0.25) is 0 Å². The van der Waals surface area contributed by atoms with E-state index in [2.05, 4.69) is 40.3 Å². The number of rotatable bonds is 4. The quantitative estimate of drug-likeness (QED) is 0.941. The molecule has 120 valence electrons. The molecule has 2 aromatic rings. The molecule has 1 fully saturated rings. The SMILES string of the molecule is C[C@@H](N[C@H]1CCN(c2ccccn2)C1)c1ccc2c(c1)OCO2. The number of ether oxygens (including phenoxy) is 2. The Bertz CT molecular complexity index is 677. The van der Waals surface area contributed by atoms with E-state index in [4.69, 9.17) is 9.47 Å². The van der Waals surface area contributed by atoms with Gasteiger partial charge in [-0.25, -0.2) is 4.98 Å². The van der Waals surface area contributed by atoms with Crippen LogP contribution in [0.1, 0.15) is 24.9 Å². The maximum Gasteiger partial charge on any atom is 0.231 e. The molecule has 1 saturated heterocycles. The smallest absolute Gasteiger partial charge is 0.231 e. The second kappa shape index (κ2) is 6.08. The van der Waals surface area contributed by atoms with Crippen LogP contribution in [-0.4, -0.2) is 30.9 Å². The summed E-state index contributed by atoms with van der Waals surface area (Å²) in [6, 6.07) is 13.0. The van der Waals surface area contributed by atoms with Gasteiger partial charge in [0, 0.05) is 31.4 Å². The van der Waals surface area contributed by atoms with E-state index in [1.165, 1.54) is 5.56 Å². The first kappa shape index (κ1) is 14.3. The van der Waals surface area contributed by atoms with Crippen molar-refractivity contribution in [3.05, 3.63) is 48.2 Å². The fourth-order valence-corrected chi connectivity index (χ4v) is 3.28. The summed E-state index contributed by atoms with van der Waals surface area (Å²) < 4.78 is 10.8. The van der Waals surface area contributed by atoms with Crippen LogP contribution in [0.15, 0.2) is 42.6 Å². The molecular formula is C18H21N3O2. The van der Waals surface area contributed by atoms with Crippen LogP contribution in [0.25, 0.3) is 0 Å². The molecule has 0 radical (unpaired) electrons. The molecule has 2 aliphatic rings. The number of nitrogens with zero attached hydrogens (tertiary/aromatic N) is 2. The summed E-state index contributed by atoms with van der Waals surface area (Å²) >= 11 is 0. The Morgan fingerprint density at radius 1 is 1.22 bits per heavy atom. The van der Waals surface area contributed by atoms with Crippen molar-refractivity contribution in [3.63, 3.8) is 0 Å². The summed E-state index contributed by atoms with van der Waals surface area (Å²) in [6.45, 7) is 4.55. The maximum absolute atomic E-state index is 5.47. The second-order valence-electron chi connectivity index (χ2n) is 6.12. The number of hydrogen-bond acceptors (Lipinski definition) is 5. The lowest BCUT2D eigenvalue weighted by molar-refractivity contribution is 0.174. The zero-order valence-electron chi connectivity index (χ0n) is 13.2. The fourth-order valence-electron chi connectivity index (χ4n) is 3.28. The van der Waals surface area contributed by atoms with Crippen LogP contribution in [0.3, 0.4) is 0 Å². The van der Waals surface area contributed by atoms with Gasteiger partial charge in [-0.15, -0.1) is 0 Å². The van der Waals surface area contributed by atoms with E-state index in [-0.39, 0.29) is 6.04 Å². The Kier molecular flexibility index (Phi) is 3.79. The number of aromatic nitrogens is 1. The van der Waals surface area contributed by atoms with Gasteiger partial charge in [-0.05, 0) is 43.2 Å². The van der Waals surface area contributed by atoms with E-state index in [1.807, 2.05) is 24.4 Å². The molecule has 3 heterocycles. The maximum atomic E-state index is 5.47. The van der Waals surface area contributed by atoms with E-state index < -0.39 is 0 Å². The molecule has 2 aliphatic heterocycles. The first-order valence-electron chi connectivity index (χ1n) is 8.11. The average Bonchev–Trinajstić information content (AvgIpc) is 3.24. The molecule has 0 unspecified atom stereocenters.